The predicted molar refractivity (Wildman–Crippen MR) is 68.0 cm³/mol. The summed E-state index contributed by atoms with van der Waals surface area (Å²) in [6.07, 6.45) is 3.97. The molecular formula is C14H18N2O. The van der Waals surface area contributed by atoms with Crippen LogP contribution >= 0.6 is 0 Å². The molecule has 0 aliphatic rings. The number of hydrogen-bond donors (Lipinski definition) is 1. The van der Waals surface area contributed by atoms with Crippen LogP contribution in [0.4, 0.5) is 0 Å². The highest BCUT2D eigenvalue weighted by Crippen LogP contribution is 2.21. The molecule has 17 heavy (non-hydrogen) atoms. The zero-order chi connectivity index (χ0) is 12.3. The normalized spacial score (nSPS) is 12.9. The van der Waals surface area contributed by atoms with Gasteiger partial charge >= 0.3 is 0 Å². The Morgan fingerprint density at radius 1 is 1.24 bits per heavy atom. The van der Waals surface area contributed by atoms with Crippen molar-refractivity contribution in [3.05, 3.63) is 48.3 Å². The molecule has 1 aromatic carbocycles. The first kappa shape index (κ1) is 11.9. The Kier molecular flexibility index (Phi) is 3.59. The Bertz CT molecular complexity index is 462. The number of aromatic nitrogens is 2. The molecule has 1 N–H and O–H groups in total. The summed E-state index contributed by atoms with van der Waals surface area (Å²) in [5.74, 6) is 0.477. The highest BCUT2D eigenvalue weighted by atomic mass is 16.3. The molecule has 0 fully saturated rings. The Morgan fingerprint density at radius 2 is 1.94 bits per heavy atom. The van der Waals surface area contributed by atoms with Gasteiger partial charge in [-0.05, 0) is 24.5 Å². The summed E-state index contributed by atoms with van der Waals surface area (Å²) >= 11 is 0. The Morgan fingerprint density at radius 3 is 2.59 bits per heavy atom. The first-order chi connectivity index (χ1) is 8.16. The van der Waals surface area contributed by atoms with Crippen LogP contribution < -0.4 is 0 Å². The van der Waals surface area contributed by atoms with Gasteiger partial charge in [0, 0.05) is 11.8 Å². The van der Waals surface area contributed by atoms with Crippen LogP contribution in [0, 0.1) is 5.92 Å². The summed E-state index contributed by atoms with van der Waals surface area (Å²) in [5, 5.41) is 14.3. The van der Waals surface area contributed by atoms with Crippen molar-refractivity contribution in [2.45, 2.75) is 26.4 Å². The molecule has 1 heterocycles. The van der Waals surface area contributed by atoms with Crippen LogP contribution in [-0.4, -0.2) is 14.9 Å². The van der Waals surface area contributed by atoms with Gasteiger partial charge < -0.3 is 5.11 Å². The van der Waals surface area contributed by atoms with Gasteiger partial charge in [0.25, 0.3) is 0 Å². The lowest BCUT2D eigenvalue weighted by molar-refractivity contribution is 0.151. The molecule has 3 nitrogen and oxygen atoms in total. The molecule has 1 aromatic heterocycles. The summed E-state index contributed by atoms with van der Waals surface area (Å²) in [6, 6.07) is 9.90. The minimum absolute atomic E-state index is 0.424. The highest BCUT2D eigenvalue weighted by Gasteiger charge is 2.12. The van der Waals surface area contributed by atoms with Crippen molar-refractivity contribution in [2.24, 2.45) is 5.92 Å². The number of aliphatic hydroxyl groups excluding tert-OH is 1. The van der Waals surface area contributed by atoms with E-state index in [4.69, 9.17) is 0 Å². The van der Waals surface area contributed by atoms with Gasteiger partial charge in [0.15, 0.2) is 0 Å². The molecule has 3 heteroatoms. The van der Waals surface area contributed by atoms with Crippen molar-refractivity contribution < 1.29 is 5.11 Å². The SMILES string of the molecule is CC(C)CC(O)c1cnn(-c2ccccc2)c1. The van der Waals surface area contributed by atoms with Crippen LogP contribution in [0.5, 0.6) is 0 Å². The zero-order valence-electron chi connectivity index (χ0n) is 10.2. The van der Waals surface area contributed by atoms with Gasteiger partial charge in [-0.1, -0.05) is 32.0 Å². The quantitative estimate of drug-likeness (QED) is 0.877. The fourth-order valence-corrected chi connectivity index (χ4v) is 1.81. The van der Waals surface area contributed by atoms with E-state index < -0.39 is 6.10 Å². The van der Waals surface area contributed by atoms with Crippen LogP contribution in [-0.2, 0) is 0 Å². The molecular weight excluding hydrogens is 212 g/mol. The second kappa shape index (κ2) is 5.15. The number of para-hydroxylation sites is 1. The smallest absolute Gasteiger partial charge is 0.0823 e. The molecule has 1 unspecified atom stereocenters. The molecule has 0 saturated carbocycles. The maximum Gasteiger partial charge on any atom is 0.0823 e. The van der Waals surface area contributed by atoms with Crippen molar-refractivity contribution in [1.29, 1.82) is 0 Å². The summed E-state index contributed by atoms with van der Waals surface area (Å²) in [7, 11) is 0. The monoisotopic (exact) mass is 230 g/mol. The second-order valence-corrected chi connectivity index (χ2v) is 4.70. The van der Waals surface area contributed by atoms with Gasteiger partial charge in [-0.2, -0.15) is 5.10 Å². The van der Waals surface area contributed by atoms with E-state index in [0.29, 0.717) is 5.92 Å². The van der Waals surface area contributed by atoms with Crippen LogP contribution in [0.2, 0.25) is 0 Å². The highest BCUT2D eigenvalue weighted by molar-refractivity contribution is 5.31. The number of nitrogens with zero attached hydrogens (tertiary/aromatic N) is 2. The number of benzene rings is 1. The Hall–Kier alpha value is -1.61. The van der Waals surface area contributed by atoms with Crippen molar-refractivity contribution in [3.63, 3.8) is 0 Å². The van der Waals surface area contributed by atoms with E-state index in [2.05, 4.69) is 18.9 Å². The van der Waals surface area contributed by atoms with Crippen LogP contribution in [0.3, 0.4) is 0 Å². The average molecular weight is 230 g/mol. The number of aliphatic hydroxyl groups is 1. The fourth-order valence-electron chi connectivity index (χ4n) is 1.81. The zero-order valence-corrected chi connectivity index (χ0v) is 10.2. The first-order valence-corrected chi connectivity index (χ1v) is 5.95. The average Bonchev–Trinajstić information content (AvgIpc) is 2.78. The predicted octanol–water partition coefficient (Wildman–Crippen LogP) is 2.95. The minimum Gasteiger partial charge on any atom is -0.388 e. The van der Waals surface area contributed by atoms with E-state index in [0.717, 1.165) is 17.7 Å². The van der Waals surface area contributed by atoms with E-state index >= 15 is 0 Å². The fraction of sp³-hybridized carbons (Fsp3) is 0.357. The van der Waals surface area contributed by atoms with Crippen LogP contribution in [0.1, 0.15) is 31.9 Å². The van der Waals surface area contributed by atoms with Crippen molar-refractivity contribution in [2.75, 3.05) is 0 Å². The largest absolute Gasteiger partial charge is 0.388 e. The van der Waals surface area contributed by atoms with Gasteiger partial charge in [0.2, 0.25) is 0 Å². The molecule has 0 bridgehead atoms. The third kappa shape index (κ3) is 2.94. The topological polar surface area (TPSA) is 38.1 Å². The molecule has 1 atom stereocenters. The lowest BCUT2D eigenvalue weighted by Gasteiger charge is -2.10. The molecule has 0 radical (unpaired) electrons. The first-order valence-electron chi connectivity index (χ1n) is 5.95. The molecule has 0 amide bonds. The van der Waals surface area contributed by atoms with Gasteiger partial charge in [-0.25, -0.2) is 4.68 Å². The molecule has 2 aromatic rings. The third-order valence-electron chi connectivity index (χ3n) is 2.70. The second-order valence-electron chi connectivity index (χ2n) is 4.70. The van der Waals surface area contributed by atoms with Gasteiger partial charge in [-0.3, -0.25) is 0 Å². The van der Waals surface area contributed by atoms with E-state index in [1.807, 2.05) is 36.5 Å². The van der Waals surface area contributed by atoms with Gasteiger partial charge in [0.05, 0.1) is 18.0 Å². The molecule has 90 valence electrons. The van der Waals surface area contributed by atoms with Gasteiger partial charge in [-0.15, -0.1) is 0 Å². The number of rotatable bonds is 4. The lowest BCUT2D eigenvalue weighted by Crippen LogP contribution is -2.00. The molecule has 0 saturated heterocycles. The third-order valence-corrected chi connectivity index (χ3v) is 2.70. The van der Waals surface area contributed by atoms with E-state index in [9.17, 15) is 5.11 Å². The van der Waals surface area contributed by atoms with E-state index in [-0.39, 0.29) is 0 Å². The van der Waals surface area contributed by atoms with E-state index in [1.165, 1.54) is 0 Å². The van der Waals surface area contributed by atoms with Crippen LogP contribution in [0.25, 0.3) is 5.69 Å². The Labute approximate surface area is 102 Å². The minimum atomic E-state index is -0.424. The number of hydrogen-bond acceptors (Lipinski definition) is 2. The lowest BCUT2D eigenvalue weighted by atomic mass is 10.0. The Balaban J connectivity index is 2.16. The van der Waals surface area contributed by atoms with E-state index in [1.54, 1.807) is 10.9 Å². The van der Waals surface area contributed by atoms with Crippen LogP contribution in [0.15, 0.2) is 42.7 Å². The van der Waals surface area contributed by atoms with Crippen molar-refractivity contribution >= 4 is 0 Å². The summed E-state index contributed by atoms with van der Waals surface area (Å²) in [4.78, 5) is 0. The standard InChI is InChI=1S/C14H18N2O/c1-11(2)8-14(17)12-9-15-16(10-12)13-6-4-3-5-7-13/h3-7,9-11,14,17H,8H2,1-2H3. The maximum atomic E-state index is 10.00. The molecule has 0 spiro atoms. The molecule has 0 aliphatic carbocycles. The summed E-state index contributed by atoms with van der Waals surface area (Å²) in [5.41, 5.74) is 1.89. The van der Waals surface area contributed by atoms with Crippen molar-refractivity contribution in [3.8, 4) is 5.69 Å². The van der Waals surface area contributed by atoms with Gasteiger partial charge in [0.1, 0.15) is 0 Å². The van der Waals surface area contributed by atoms with Crippen molar-refractivity contribution in [1.82, 2.24) is 9.78 Å². The summed E-state index contributed by atoms with van der Waals surface area (Å²) < 4.78 is 1.79. The molecule has 2 rings (SSSR count). The maximum absolute atomic E-state index is 10.00. The molecule has 0 aliphatic heterocycles. The summed E-state index contributed by atoms with van der Waals surface area (Å²) in [6.45, 7) is 4.20.